The van der Waals surface area contributed by atoms with Gasteiger partial charge in [0, 0.05) is 12.8 Å². The van der Waals surface area contributed by atoms with Crippen molar-refractivity contribution in [3.63, 3.8) is 0 Å². The standard InChI is InChI=1S/C12H20FN3O/c1-4-17-12(8(2)3)11(16-14)9-5-10(13)7-15-6-9/h5-8,11-12,16H,4,14H2,1-3H3. The lowest BCUT2D eigenvalue weighted by molar-refractivity contribution is 0.00263. The van der Waals surface area contributed by atoms with Crippen LogP contribution in [0.25, 0.3) is 0 Å². The molecule has 0 aliphatic heterocycles. The molecule has 96 valence electrons. The maximum atomic E-state index is 13.1. The third-order valence-corrected chi connectivity index (χ3v) is 2.61. The van der Waals surface area contributed by atoms with E-state index in [0.717, 1.165) is 0 Å². The summed E-state index contributed by atoms with van der Waals surface area (Å²) < 4.78 is 18.8. The number of halogens is 1. The third-order valence-electron chi connectivity index (χ3n) is 2.61. The minimum Gasteiger partial charge on any atom is -0.376 e. The van der Waals surface area contributed by atoms with E-state index in [0.29, 0.717) is 12.2 Å². The molecular formula is C12H20FN3O. The first-order valence-electron chi connectivity index (χ1n) is 5.78. The number of pyridine rings is 1. The van der Waals surface area contributed by atoms with E-state index >= 15 is 0 Å². The van der Waals surface area contributed by atoms with Crippen LogP contribution in [0.3, 0.4) is 0 Å². The van der Waals surface area contributed by atoms with Crippen molar-refractivity contribution in [2.24, 2.45) is 11.8 Å². The van der Waals surface area contributed by atoms with Gasteiger partial charge in [-0.25, -0.2) is 4.39 Å². The third kappa shape index (κ3) is 3.73. The van der Waals surface area contributed by atoms with E-state index in [1.54, 1.807) is 6.20 Å². The maximum absolute atomic E-state index is 13.1. The molecule has 17 heavy (non-hydrogen) atoms. The predicted molar refractivity (Wildman–Crippen MR) is 64.5 cm³/mol. The SMILES string of the molecule is CCOC(C(C)C)C(NN)c1cncc(F)c1. The van der Waals surface area contributed by atoms with Crippen LogP contribution in [0.15, 0.2) is 18.5 Å². The smallest absolute Gasteiger partial charge is 0.141 e. The molecule has 1 aromatic rings. The van der Waals surface area contributed by atoms with Crippen molar-refractivity contribution in [1.82, 2.24) is 10.4 Å². The summed E-state index contributed by atoms with van der Waals surface area (Å²) in [6.07, 6.45) is 2.65. The number of nitrogens with two attached hydrogens (primary N) is 1. The molecule has 4 nitrogen and oxygen atoms in total. The van der Waals surface area contributed by atoms with E-state index in [1.165, 1.54) is 12.3 Å². The summed E-state index contributed by atoms with van der Waals surface area (Å²) in [6.45, 7) is 6.59. The van der Waals surface area contributed by atoms with Gasteiger partial charge in [-0.1, -0.05) is 13.8 Å². The van der Waals surface area contributed by atoms with Crippen LogP contribution >= 0.6 is 0 Å². The van der Waals surface area contributed by atoms with Gasteiger partial charge in [0.15, 0.2) is 0 Å². The first kappa shape index (κ1) is 14.0. The van der Waals surface area contributed by atoms with E-state index in [9.17, 15) is 4.39 Å². The van der Waals surface area contributed by atoms with Gasteiger partial charge in [-0.2, -0.15) is 0 Å². The zero-order valence-corrected chi connectivity index (χ0v) is 10.5. The number of hydrogen-bond acceptors (Lipinski definition) is 4. The molecule has 0 amide bonds. The highest BCUT2D eigenvalue weighted by molar-refractivity contribution is 5.16. The topological polar surface area (TPSA) is 60.2 Å². The van der Waals surface area contributed by atoms with Gasteiger partial charge in [0.2, 0.25) is 0 Å². The van der Waals surface area contributed by atoms with Gasteiger partial charge in [0.25, 0.3) is 0 Å². The van der Waals surface area contributed by atoms with Crippen LogP contribution in [-0.4, -0.2) is 17.7 Å². The average molecular weight is 241 g/mol. The summed E-state index contributed by atoms with van der Waals surface area (Å²) in [4.78, 5) is 3.83. The summed E-state index contributed by atoms with van der Waals surface area (Å²) in [6, 6.07) is 1.16. The van der Waals surface area contributed by atoms with Gasteiger partial charge in [-0.05, 0) is 24.5 Å². The highest BCUT2D eigenvalue weighted by Gasteiger charge is 2.26. The van der Waals surface area contributed by atoms with Crippen molar-refractivity contribution >= 4 is 0 Å². The highest BCUT2D eigenvalue weighted by atomic mass is 19.1. The lowest BCUT2D eigenvalue weighted by Crippen LogP contribution is -2.40. The molecule has 2 unspecified atom stereocenters. The number of ether oxygens (including phenoxy) is 1. The second-order valence-electron chi connectivity index (χ2n) is 4.24. The van der Waals surface area contributed by atoms with Crippen molar-refractivity contribution in [3.05, 3.63) is 29.8 Å². The molecule has 0 aromatic carbocycles. The second kappa shape index (κ2) is 6.64. The Balaban J connectivity index is 2.95. The molecule has 5 heteroatoms. The lowest BCUT2D eigenvalue weighted by Gasteiger charge is -2.29. The first-order chi connectivity index (χ1) is 8.10. The van der Waals surface area contributed by atoms with Crippen LogP contribution in [-0.2, 0) is 4.74 Å². The zero-order valence-electron chi connectivity index (χ0n) is 10.5. The molecule has 0 fully saturated rings. The van der Waals surface area contributed by atoms with E-state index in [1.807, 2.05) is 20.8 Å². The van der Waals surface area contributed by atoms with Gasteiger partial charge in [0.05, 0.1) is 18.3 Å². The summed E-state index contributed by atoms with van der Waals surface area (Å²) in [5.74, 6) is 5.43. The van der Waals surface area contributed by atoms with Gasteiger partial charge in [-0.15, -0.1) is 0 Å². The molecule has 0 saturated heterocycles. The normalized spacial score (nSPS) is 14.9. The van der Waals surface area contributed by atoms with Crippen LogP contribution in [0.5, 0.6) is 0 Å². The molecule has 2 atom stereocenters. The fraction of sp³-hybridized carbons (Fsp3) is 0.583. The van der Waals surface area contributed by atoms with Crippen molar-refractivity contribution in [1.29, 1.82) is 0 Å². The Morgan fingerprint density at radius 1 is 1.47 bits per heavy atom. The van der Waals surface area contributed by atoms with Gasteiger partial charge >= 0.3 is 0 Å². The Kier molecular flexibility index (Phi) is 5.47. The Morgan fingerprint density at radius 2 is 2.18 bits per heavy atom. The van der Waals surface area contributed by atoms with Crippen LogP contribution in [0.2, 0.25) is 0 Å². The minimum absolute atomic E-state index is 0.117. The molecule has 3 N–H and O–H groups in total. The van der Waals surface area contributed by atoms with Crippen LogP contribution in [0, 0.1) is 11.7 Å². The number of hydrazine groups is 1. The average Bonchev–Trinajstić information content (AvgIpc) is 2.29. The molecule has 0 aliphatic rings. The summed E-state index contributed by atoms with van der Waals surface area (Å²) >= 11 is 0. The number of rotatable bonds is 6. The lowest BCUT2D eigenvalue weighted by atomic mass is 9.95. The Morgan fingerprint density at radius 3 is 2.65 bits per heavy atom. The molecule has 1 heterocycles. The van der Waals surface area contributed by atoms with Gasteiger partial charge < -0.3 is 4.74 Å². The Bertz CT molecular complexity index is 346. The molecule has 0 saturated carbocycles. The van der Waals surface area contributed by atoms with Crippen LogP contribution in [0.4, 0.5) is 4.39 Å². The predicted octanol–water partition coefficient (Wildman–Crippen LogP) is 1.79. The maximum Gasteiger partial charge on any atom is 0.141 e. The molecule has 1 aromatic heterocycles. The fourth-order valence-corrected chi connectivity index (χ4v) is 1.85. The van der Waals surface area contributed by atoms with Crippen LogP contribution < -0.4 is 11.3 Å². The first-order valence-corrected chi connectivity index (χ1v) is 5.78. The summed E-state index contributed by atoms with van der Waals surface area (Å²) in [7, 11) is 0. The van der Waals surface area contributed by atoms with Crippen molar-refractivity contribution < 1.29 is 9.13 Å². The summed E-state index contributed by atoms with van der Waals surface area (Å²) in [5.41, 5.74) is 3.37. The van der Waals surface area contributed by atoms with Gasteiger partial charge in [-0.3, -0.25) is 16.3 Å². The number of aromatic nitrogens is 1. The summed E-state index contributed by atoms with van der Waals surface area (Å²) in [5, 5.41) is 0. The Labute approximate surface area is 101 Å². The van der Waals surface area contributed by atoms with Gasteiger partial charge in [0.1, 0.15) is 5.82 Å². The van der Waals surface area contributed by atoms with Crippen molar-refractivity contribution in [2.75, 3.05) is 6.61 Å². The quantitative estimate of drug-likeness (QED) is 0.589. The number of nitrogens with zero attached hydrogens (tertiary/aromatic N) is 1. The monoisotopic (exact) mass is 241 g/mol. The van der Waals surface area contributed by atoms with E-state index in [2.05, 4.69) is 10.4 Å². The molecule has 0 bridgehead atoms. The molecule has 0 aliphatic carbocycles. The van der Waals surface area contributed by atoms with Crippen molar-refractivity contribution in [3.8, 4) is 0 Å². The van der Waals surface area contributed by atoms with Crippen LogP contribution in [0.1, 0.15) is 32.4 Å². The van der Waals surface area contributed by atoms with E-state index in [-0.39, 0.29) is 23.9 Å². The van der Waals surface area contributed by atoms with E-state index in [4.69, 9.17) is 10.6 Å². The Hall–Kier alpha value is -1.04. The fourth-order valence-electron chi connectivity index (χ4n) is 1.85. The molecule has 0 radical (unpaired) electrons. The minimum atomic E-state index is -0.373. The van der Waals surface area contributed by atoms with Crippen molar-refractivity contribution in [2.45, 2.75) is 32.9 Å². The molecular weight excluding hydrogens is 221 g/mol. The molecule has 1 rings (SSSR count). The van der Waals surface area contributed by atoms with E-state index < -0.39 is 0 Å². The molecule has 0 spiro atoms. The zero-order chi connectivity index (χ0) is 12.8. The number of nitrogens with one attached hydrogen (secondary N) is 1. The largest absolute Gasteiger partial charge is 0.376 e. The highest BCUT2D eigenvalue weighted by Crippen LogP contribution is 2.24. The second-order valence-corrected chi connectivity index (χ2v) is 4.24. The number of hydrogen-bond donors (Lipinski definition) is 2.